The second-order valence-corrected chi connectivity index (χ2v) is 12.7. The summed E-state index contributed by atoms with van der Waals surface area (Å²) in [6, 6.07) is 6.83. The number of aromatic amines is 1. The van der Waals surface area contributed by atoms with Gasteiger partial charge in [-0.05, 0) is 86.7 Å². The first kappa shape index (κ1) is 30.8. The Morgan fingerprint density at radius 1 is 0.976 bits per heavy atom. The number of hydrogen-bond donors (Lipinski definition) is 1. The summed E-state index contributed by atoms with van der Waals surface area (Å²) < 4.78 is 0. The molecule has 0 spiro atoms. The molecule has 3 heterocycles. The maximum absolute atomic E-state index is 13.0. The number of carbonyl (C=O) groups is 2. The standard InChI is InChI=1S/C35H50N4O2/c1-9-25(6)26(7)21-29(20-23(2)3)33-32(24(4)5)30-22-28(10-11-31(30)36-33)27-12-14-38(15-13-27)34(40)35(41)39-18-16-37(8)17-19-39/h10-11,20-22,24-25,27,36H,2,9,12-19H2,1,3-8H3/b26-21-,29-20+/t25-/m1/s1. The Hall–Kier alpha value is -3.12. The van der Waals surface area contributed by atoms with Crippen molar-refractivity contribution in [1.82, 2.24) is 19.7 Å². The Morgan fingerprint density at radius 3 is 2.15 bits per heavy atom. The highest BCUT2D eigenvalue weighted by Crippen LogP contribution is 2.38. The van der Waals surface area contributed by atoms with Gasteiger partial charge in [0, 0.05) is 55.9 Å². The lowest BCUT2D eigenvalue weighted by Gasteiger charge is -2.35. The summed E-state index contributed by atoms with van der Waals surface area (Å²) in [6.07, 6.45) is 7.39. The van der Waals surface area contributed by atoms with Gasteiger partial charge in [0.1, 0.15) is 0 Å². The van der Waals surface area contributed by atoms with E-state index < -0.39 is 0 Å². The van der Waals surface area contributed by atoms with Gasteiger partial charge in [0.15, 0.2) is 0 Å². The normalized spacial score (nSPS) is 18.8. The van der Waals surface area contributed by atoms with Crippen LogP contribution in [-0.4, -0.2) is 77.8 Å². The van der Waals surface area contributed by atoms with E-state index in [1.54, 1.807) is 9.80 Å². The molecule has 2 saturated heterocycles. The van der Waals surface area contributed by atoms with Gasteiger partial charge in [-0.1, -0.05) is 63.6 Å². The molecule has 2 aromatic rings. The molecule has 0 saturated carbocycles. The minimum absolute atomic E-state index is 0.335. The van der Waals surface area contributed by atoms with Crippen LogP contribution in [0.1, 0.15) is 89.5 Å². The van der Waals surface area contributed by atoms with Crippen LogP contribution in [0, 0.1) is 5.92 Å². The van der Waals surface area contributed by atoms with E-state index in [1.807, 2.05) is 7.05 Å². The molecule has 0 bridgehead atoms. The summed E-state index contributed by atoms with van der Waals surface area (Å²) >= 11 is 0. The van der Waals surface area contributed by atoms with Crippen LogP contribution in [0.2, 0.25) is 0 Å². The highest BCUT2D eigenvalue weighted by molar-refractivity contribution is 6.34. The SMILES string of the molecule is C=C(C)/C=C(\C=C(\C)[C@H](C)CC)c1[nH]c2ccc(C3CCN(C(=O)C(=O)N4CCN(C)CC4)CC3)cc2c1C(C)C. The summed E-state index contributed by atoms with van der Waals surface area (Å²) in [7, 11) is 2.05. The minimum atomic E-state index is -0.337. The fraction of sp³-hybridized carbons (Fsp3) is 0.543. The van der Waals surface area contributed by atoms with Gasteiger partial charge in [-0.15, -0.1) is 0 Å². The molecule has 1 atom stereocenters. The summed E-state index contributed by atoms with van der Waals surface area (Å²) in [6.45, 7) is 21.7. The first-order chi connectivity index (χ1) is 19.5. The van der Waals surface area contributed by atoms with E-state index in [0.717, 1.165) is 43.4 Å². The number of nitrogens with zero attached hydrogens (tertiary/aromatic N) is 3. The highest BCUT2D eigenvalue weighted by atomic mass is 16.2. The Balaban J connectivity index is 1.56. The van der Waals surface area contributed by atoms with Crippen LogP contribution < -0.4 is 0 Å². The van der Waals surface area contributed by atoms with Gasteiger partial charge in [0.05, 0.1) is 0 Å². The second kappa shape index (κ2) is 13.2. The van der Waals surface area contributed by atoms with Crippen molar-refractivity contribution in [1.29, 1.82) is 0 Å². The largest absolute Gasteiger partial charge is 0.354 e. The number of nitrogens with one attached hydrogen (secondary N) is 1. The van der Waals surface area contributed by atoms with Crippen LogP contribution in [0.4, 0.5) is 0 Å². The third-order valence-electron chi connectivity index (χ3n) is 9.13. The molecule has 6 heteroatoms. The Kier molecular flexibility index (Phi) is 9.96. The number of fused-ring (bicyclic) bond motifs is 1. The van der Waals surface area contributed by atoms with Crippen molar-refractivity contribution in [3.05, 3.63) is 64.9 Å². The molecule has 41 heavy (non-hydrogen) atoms. The zero-order valence-corrected chi connectivity index (χ0v) is 26.3. The van der Waals surface area contributed by atoms with E-state index in [1.165, 1.54) is 33.4 Å². The van der Waals surface area contributed by atoms with Crippen molar-refractivity contribution in [3.63, 3.8) is 0 Å². The summed E-state index contributed by atoms with van der Waals surface area (Å²) in [5.41, 5.74) is 8.59. The lowest BCUT2D eigenvalue weighted by molar-refractivity contribution is -0.153. The topological polar surface area (TPSA) is 59.7 Å². The molecule has 6 nitrogen and oxygen atoms in total. The summed E-state index contributed by atoms with van der Waals surface area (Å²) in [4.78, 5) is 35.3. The number of benzene rings is 1. The van der Waals surface area contributed by atoms with E-state index in [0.29, 0.717) is 43.9 Å². The van der Waals surface area contributed by atoms with Gasteiger partial charge >= 0.3 is 11.8 Å². The smallest absolute Gasteiger partial charge is 0.312 e. The number of piperidine rings is 1. The van der Waals surface area contributed by atoms with Gasteiger partial charge < -0.3 is 19.7 Å². The average molecular weight is 559 g/mol. The fourth-order valence-electron chi connectivity index (χ4n) is 6.17. The maximum Gasteiger partial charge on any atom is 0.312 e. The molecule has 1 aromatic carbocycles. The van der Waals surface area contributed by atoms with Gasteiger partial charge in [-0.25, -0.2) is 0 Å². The molecule has 0 radical (unpaired) electrons. The molecule has 222 valence electrons. The fourth-order valence-corrected chi connectivity index (χ4v) is 6.17. The van der Waals surface area contributed by atoms with Crippen LogP contribution in [0.3, 0.4) is 0 Å². The Morgan fingerprint density at radius 2 is 1.59 bits per heavy atom. The van der Waals surface area contributed by atoms with E-state index >= 15 is 0 Å². The lowest BCUT2D eigenvalue weighted by atomic mass is 9.87. The zero-order valence-electron chi connectivity index (χ0n) is 26.3. The van der Waals surface area contributed by atoms with Crippen LogP contribution in [0.25, 0.3) is 16.5 Å². The monoisotopic (exact) mass is 558 g/mol. The van der Waals surface area contributed by atoms with Crippen molar-refractivity contribution < 1.29 is 9.59 Å². The first-order valence-corrected chi connectivity index (χ1v) is 15.5. The number of aromatic nitrogens is 1. The van der Waals surface area contributed by atoms with Gasteiger partial charge in [-0.2, -0.15) is 0 Å². The summed E-state index contributed by atoms with van der Waals surface area (Å²) in [5.74, 6) is 0.573. The maximum atomic E-state index is 13.0. The van der Waals surface area contributed by atoms with Crippen molar-refractivity contribution >= 4 is 28.3 Å². The van der Waals surface area contributed by atoms with Crippen LogP contribution in [0.5, 0.6) is 0 Å². The predicted octanol–water partition coefficient (Wildman–Crippen LogP) is 6.72. The van der Waals surface area contributed by atoms with Crippen molar-refractivity contribution in [2.24, 2.45) is 5.92 Å². The van der Waals surface area contributed by atoms with Crippen LogP contribution >= 0.6 is 0 Å². The number of amides is 2. The molecule has 2 aliphatic heterocycles. The molecular formula is C35H50N4O2. The predicted molar refractivity (Wildman–Crippen MR) is 171 cm³/mol. The number of carbonyl (C=O) groups excluding carboxylic acids is 2. The highest BCUT2D eigenvalue weighted by Gasteiger charge is 2.32. The van der Waals surface area contributed by atoms with Gasteiger partial charge in [-0.3, -0.25) is 9.59 Å². The quantitative estimate of drug-likeness (QED) is 0.303. The van der Waals surface area contributed by atoms with Crippen molar-refractivity contribution in [2.45, 2.75) is 72.6 Å². The summed E-state index contributed by atoms with van der Waals surface area (Å²) in [5, 5.41) is 1.28. The van der Waals surface area contributed by atoms with Crippen LogP contribution in [-0.2, 0) is 9.59 Å². The molecule has 2 amide bonds. The Labute approximate surface area is 247 Å². The molecular weight excluding hydrogens is 508 g/mol. The lowest BCUT2D eigenvalue weighted by Crippen LogP contribution is -2.53. The number of H-pyrrole nitrogens is 1. The molecule has 2 fully saturated rings. The third-order valence-corrected chi connectivity index (χ3v) is 9.13. The van der Waals surface area contributed by atoms with Crippen molar-refractivity contribution in [3.8, 4) is 0 Å². The molecule has 2 aliphatic rings. The zero-order chi connectivity index (χ0) is 29.8. The number of likely N-dealkylation sites (tertiary alicyclic amines) is 1. The van der Waals surface area contributed by atoms with E-state index in [9.17, 15) is 9.59 Å². The van der Waals surface area contributed by atoms with E-state index in [4.69, 9.17) is 0 Å². The van der Waals surface area contributed by atoms with Gasteiger partial charge in [0.2, 0.25) is 0 Å². The average Bonchev–Trinajstić information content (AvgIpc) is 3.35. The number of hydrogen-bond acceptors (Lipinski definition) is 3. The molecule has 0 aliphatic carbocycles. The molecule has 1 N–H and O–H groups in total. The third kappa shape index (κ3) is 7.03. The molecule has 1 aromatic heterocycles. The minimum Gasteiger partial charge on any atom is -0.354 e. The second-order valence-electron chi connectivity index (χ2n) is 12.7. The van der Waals surface area contributed by atoms with Gasteiger partial charge in [0.25, 0.3) is 0 Å². The Bertz CT molecular complexity index is 1330. The number of piperazine rings is 1. The number of rotatable bonds is 7. The van der Waals surface area contributed by atoms with E-state index in [-0.39, 0.29) is 11.8 Å². The molecule has 0 unspecified atom stereocenters. The first-order valence-electron chi connectivity index (χ1n) is 15.5. The van der Waals surface area contributed by atoms with E-state index in [2.05, 4.69) is 88.4 Å². The number of likely N-dealkylation sites (N-methyl/N-ethyl adjacent to an activating group) is 1. The van der Waals surface area contributed by atoms with Crippen LogP contribution in [0.15, 0.2) is 48.1 Å². The number of allylic oxidation sites excluding steroid dienone is 5. The molecule has 4 rings (SSSR count). The van der Waals surface area contributed by atoms with Crippen molar-refractivity contribution in [2.75, 3.05) is 46.3 Å².